The van der Waals surface area contributed by atoms with Crippen LogP contribution in [0, 0.1) is 0 Å². The van der Waals surface area contributed by atoms with Crippen molar-refractivity contribution in [3.63, 3.8) is 0 Å². The van der Waals surface area contributed by atoms with Gasteiger partial charge in [-0.3, -0.25) is 4.79 Å². The number of fused-ring (bicyclic) bond motifs is 1. The molecule has 1 aliphatic rings. The zero-order valence-corrected chi connectivity index (χ0v) is 18.1. The molecule has 0 aromatic heterocycles. The Balaban J connectivity index is 1.90. The maximum atomic E-state index is 13.4. The van der Waals surface area contributed by atoms with Crippen molar-refractivity contribution in [3.05, 3.63) is 36.4 Å². The minimum Gasteiger partial charge on any atom is -0.490 e. The molecule has 2 aromatic rings. The predicted molar refractivity (Wildman–Crippen MR) is 120 cm³/mol. The van der Waals surface area contributed by atoms with Gasteiger partial charge < -0.3 is 14.8 Å². The number of hydrogen-bond donors (Lipinski definition) is 1. The molecular formula is C25H35NO3. The van der Waals surface area contributed by atoms with E-state index in [2.05, 4.69) is 32.2 Å². The second-order valence-electron chi connectivity index (χ2n) is 8.20. The molecule has 4 nitrogen and oxygen atoms in total. The molecule has 0 heterocycles. The highest BCUT2D eigenvalue weighted by Gasteiger charge is 2.39. The van der Waals surface area contributed by atoms with Crippen molar-refractivity contribution < 1.29 is 14.3 Å². The van der Waals surface area contributed by atoms with E-state index in [1.54, 1.807) is 0 Å². The number of rotatable bonds is 8. The fourth-order valence-electron chi connectivity index (χ4n) is 4.05. The zero-order chi connectivity index (χ0) is 20.7. The number of ether oxygens (including phenoxy) is 2. The van der Waals surface area contributed by atoms with Crippen molar-refractivity contribution in [2.75, 3.05) is 11.9 Å². The fraction of sp³-hybridized carbons (Fsp3) is 0.560. The smallest absolute Gasteiger partial charge is 0.256 e. The number of nitrogens with one attached hydrogen (secondary N) is 1. The Morgan fingerprint density at radius 1 is 1.03 bits per heavy atom. The molecular weight excluding hydrogens is 362 g/mol. The van der Waals surface area contributed by atoms with Gasteiger partial charge in [0, 0.05) is 23.1 Å². The maximum absolute atomic E-state index is 13.4. The molecule has 3 rings (SSSR count). The van der Waals surface area contributed by atoms with E-state index in [-0.39, 0.29) is 12.0 Å². The summed E-state index contributed by atoms with van der Waals surface area (Å²) >= 11 is 0. The molecule has 0 bridgehead atoms. The van der Waals surface area contributed by atoms with Crippen LogP contribution in [-0.4, -0.2) is 24.2 Å². The molecule has 1 N–H and O–H groups in total. The van der Waals surface area contributed by atoms with Gasteiger partial charge in [-0.15, -0.1) is 0 Å². The summed E-state index contributed by atoms with van der Waals surface area (Å²) in [5.74, 6) is 0.855. The van der Waals surface area contributed by atoms with Gasteiger partial charge in [0.1, 0.15) is 11.4 Å². The van der Waals surface area contributed by atoms with Crippen molar-refractivity contribution >= 4 is 22.4 Å². The van der Waals surface area contributed by atoms with Gasteiger partial charge >= 0.3 is 0 Å². The summed E-state index contributed by atoms with van der Waals surface area (Å²) in [7, 11) is 0. The van der Waals surface area contributed by atoms with Crippen LogP contribution in [-0.2, 0) is 9.53 Å². The third-order valence-corrected chi connectivity index (χ3v) is 5.94. The monoisotopic (exact) mass is 397 g/mol. The normalized spacial score (nSPS) is 17.5. The van der Waals surface area contributed by atoms with E-state index < -0.39 is 5.60 Å². The van der Waals surface area contributed by atoms with Gasteiger partial charge in [-0.2, -0.15) is 0 Å². The summed E-state index contributed by atoms with van der Waals surface area (Å²) in [5, 5.41) is 5.23. The van der Waals surface area contributed by atoms with Gasteiger partial charge in [0.2, 0.25) is 0 Å². The summed E-state index contributed by atoms with van der Waals surface area (Å²) < 4.78 is 12.3. The molecule has 0 unspecified atom stereocenters. The lowest BCUT2D eigenvalue weighted by Crippen LogP contribution is -2.45. The largest absolute Gasteiger partial charge is 0.490 e. The Bertz CT molecular complexity index is 809. The molecule has 1 amide bonds. The molecule has 29 heavy (non-hydrogen) atoms. The lowest BCUT2D eigenvalue weighted by atomic mass is 9.92. The number of amides is 1. The lowest BCUT2D eigenvalue weighted by molar-refractivity contribution is -0.143. The highest BCUT2D eigenvalue weighted by molar-refractivity contribution is 6.06. The van der Waals surface area contributed by atoms with E-state index in [1.807, 2.05) is 30.3 Å². The molecule has 0 saturated heterocycles. The predicted octanol–water partition coefficient (Wildman–Crippen LogP) is 6.48. The van der Waals surface area contributed by atoms with E-state index >= 15 is 0 Å². The maximum Gasteiger partial charge on any atom is 0.256 e. The van der Waals surface area contributed by atoms with Gasteiger partial charge in [-0.25, -0.2) is 0 Å². The Morgan fingerprint density at radius 3 is 2.38 bits per heavy atom. The number of anilines is 1. The van der Waals surface area contributed by atoms with Gasteiger partial charge in [-0.05, 0) is 44.7 Å². The molecule has 0 spiro atoms. The van der Waals surface area contributed by atoms with Crippen LogP contribution in [0.15, 0.2) is 36.4 Å². The van der Waals surface area contributed by atoms with Gasteiger partial charge in [0.05, 0.1) is 6.10 Å². The molecule has 1 aliphatic carbocycles. The highest BCUT2D eigenvalue weighted by atomic mass is 16.5. The minimum absolute atomic E-state index is 0.00593. The number of benzene rings is 2. The van der Waals surface area contributed by atoms with E-state index in [0.717, 1.165) is 60.7 Å². The van der Waals surface area contributed by atoms with Crippen LogP contribution in [0.2, 0.25) is 0 Å². The molecule has 1 fully saturated rings. The Kier molecular flexibility index (Phi) is 7.54. The summed E-state index contributed by atoms with van der Waals surface area (Å²) in [6, 6.07) is 12.0. The molecule has 1 saturated carbocycles. The molecule has 0 radical (unpaired) electrons. The summed E-state index contributed by atoms with van der Waals surface area (Å²) in [6.07, 6.45) is 8.04. The van der Waals surface area contributed by atoms with Crippen LogP contribution in [0.5, 0.6) is 5.75 Å². The first-order valence-corrected chi connectivity index (χ1v) is 11.2. The first-order valence-electron chi connectivity index (χ1n) is 11.2. The van der Waals surface area contributed by atoms with E-state index in [0.29, 0.717) is 6.61 Å². The van der Waals surface area contributed by atoms with Crippen LogP contribution < -0.4 is 10.1 Å². The first kappa shape index (κ1) is 21.6. The Labute approximate surface area is 175 Å². The second kappa shape index (κ2) is 10.1. The molecule has 2 aromatic carbocycles. The van der Waals surface area contributed by atoms with Gasteiger partial charge in [0.25, 0.3) is 5.91 Å². The van der Waals surface area contributed by atoms with Crippen molar-refractivity contribution in [2.45, 2.75) is 83.8 Å². The first-order chi connectivity index (χ1) is 14.1. The topological polar surface area (TPSA) is 47.6 Å². The summed E-state index contributed by atoms with van der Waals surface area (Å²) in [5.41, 5.74) is 0.116. The Morgan fingerprint density at radius 2 is 1.72 bits per heavy atom. The lowest BCUT2D eigenvalue weighted by Gasteiger charge is -2.32. The van der Waals surface area contributed by atoms with E-state index in [4.69, 9.17) is 9.47 Å². The molecule has 158 valence electrons. The SMILES string of the molecule is CCCOC1(C(=O)Nc2ccc(O[C@@H](C)CC)c3ccccc23)CCCCCC1. The third kappa shape index (κ3) is 5.11. The highest BCUT2D eigenvalue weighted by Crippen LogP contribution is 2.35. The molecule has 1 atom stereocenters. The summed E-state index contributed by atoms with van der Waals surface area (Å²) in [4.78, 5) is 13.4. The fourth-order valence-corrected chi connectivity index (χ4v) is 4.05. The van der Waals surface area contributed by atoms with Crippen LogP contribution in [0.3, 0.4) is 0 Å². The van der Waals surface area contributed by atoms with Crippen LogP contribution in [0.4, 0.5) is 5.69 Å². The van der Waals surface area contributed by atoms with Crippen molar-refractivity contribution in [1.82, 2.24) is 0 Å². The average Bonchev–Trinajstić information content (AvgIpc) is 3.00. The number of carbonyl (C=O) groups excluding carboxylic acids is 1. The third-order valence-electron chi connectivity index (χ3n) is 5.94. The van der Waals surface area contributed by atoms with Crippen molar-refractivity contribution in [2.24, 2.45) is 0 Å². The van der Waals surface area contributed by atoms with Crippen LogP contribution in [0.1, 0.15) is 72.1 Å². The second-order valence-corrected chi connectivity index (χ2v) is 8.20. The minimum atomic E-state index is -0.709. The zero-order valence-electron chi connectivity index (χ0n) is 18.1. The van der Waals surface area contributed by atoms with Crippen molar-refractivity contribution in [3.8, 4) is 5.75 Å². The number of carbonyl (C=O) groups is 1. The van der Waals surface area contributed by atoms with Crippen LogP contribution >= 0.6 is 0 Å². The molecule has 0 aliphatic heterocycles. The molecule has 4 heteroatoms. The Hall–Kier alpha value is -2.07. The standard InChI is InChI=1S/C25H35NO3/c1-4-18-28-25(16-10-6-7-11-17-25)24(27)26-22-14-15-23(29-19(3)5-2)21-13-9-8-12-20(21)22/h8-9,12-15,19H,4-7,10-11,16-18H2,1-3H3,(H,26,27)/t19-/m0/s1. The average molecular weight is 398 g/mol. The summed E-state index contributed by atoms with van der Waals surface area (Å²) in [6.45, 7) is 6.90. The number of hydrogen-bond acceptors (Lipinski definition) is 3. The van der Waals surface area contributed by atoms with Crippen molar-refractivity contribution in [1.29, 1.82) is 0 Å². The van der Waals surface area contributed by atoms with Gasteiger partial charge in [-0.1, -0.05) is 63.8 Å². The van der Waals surface area contributed by atoms with E-state index in [9.17, 15) is 4.79 Å². The van der Waals surface area contributed by atoms with Crippen LogP contribution in [0.25, 0.3) is 10.8 Å². The quantitative estimate of drug-likeness (QED) is 0.519. The van der Waals surface area contributed by atoms with Gasteiger partial charge in [0.15, 0.2) is 0 Å². The van der Waals surface area contributed by atoms with E-state index in [1.165, 1.54) is 12.8 Å².